The molecule has 1 aromatic heterocycles. The third-order valence-corrected chi connectivity index (χ3v) is 4.99. The number of aromatic nitrogens is 1. The van der Waals surface area contributed by atoms with Crippen molar-refractivity contribution >= 4 is 11.9 Å². The number of hydrogen-bond donors (Lipinski definition) is 1. The minimum absolute atomic E-state index is 0.00980. The van der Waals surface area contributed by atoms with Crippen LogP contribution in [0.1, 0.15) is 32.9 Å². The smallest absolute Gasteiger partial charge is 0.337 e. The first kappa shape index (κ1) is 21.3. The van der Waals surface area contributed by atoms with Crippen molar-refractivity contribution in [2.45, 2.75) is 26.9 Å². The highest BCUT2D eigenvalue weighted by molar-refractivity contribution is 5.89. The molecule has 1 amide bonds. The maximum atomic E-state index is 12.6. The SMILES string of the molecule is C=C/C(=C\NCc1c(C)noc1C)N1CN(Cc2cccc(C(=O)OC)c2)CC1=O. The van der Waals surface area contributed by atoms with Crippen LogP contribution in [-0.4, -0.2) is 47.2 Å². The van der Waals surface area contributed by atoms with Crippen molar-refractivity contribution in [2.75, 3.05) is 20.3 Å². The van der Waals surface area contributed by atoms with Crippen LogP contribution in [0.4, 0.5) is 0 Å². The number of esters is 1. The second-order valence-corrected chi connectivity index (χ2v) is 7.10. The molecule has 1 aliphatic rings. The Hall–Kier alpha value is -3.39. The number of rotatable bonds is 8. The Bertz CT molecular complexity index is 960. The van der Waals surface area contributed by atoms with Crippen LogP contribution in [0.25, 0.3) is 0 Å². The van der Waals surface area contributed by atoms with E-state index < -0.39 is 0 Å². The summed E-state index contributed by atoms with van der Waals surface area (Å²) in [5.74, 6) is 0.382. The molecule has 0 unspecified atom stereocenters. The van der Waals surface area contributed by atoms with E-state index in [-0.39, 0.29) is 18.4 Å². The third kappa shape index (κ3) is 4.77. The van der Waals surface area contributed by atoms with Crippen molar-refractivity contribution in [1.82, 2.24) is 20.3 Å². The quantitative estimate of drug-likeness (QED) is 0.528. The van der Waals surface area contributed by atoms with Crippen molar-refractivity contribution in [3.8, 4) is 0 Å². The highest BCUT2D eigenvalue weighted by atomic mass is 16.5. The summed E-state index contributed by atoms with van der Waals surface area (Å²) in [6.07, 6.45) is 3.43. The minimum Gasteiger partial charge on any atom is -0.465 e. The molecule has 30 heavy (non-hydrogen) atoms. The Morgan fingerprint density at radius 3 is 2.87 bits per heavy atom. The maximum Gasteiger partial charge on any atom is 0.337 e. The molecule has 8 heteroatoms. The second kappa shape index (κ2) is 9.41. The summed E-state index contributed by atoms with van der Waals surface area (Å²) in [6.45, 7) is 9.41. The predicted octanol–water partition coefficient (Wildman–Crippen LogP) is 2.50. The first-order valence-electron chi connectivity index (χ1n) is 9.60. The number of allylic oxidation sites excluding steroid dienone is 1. The number of hydrogen-bond acceptors (Lipinski definition) is 7. The van der Waals surface area contributed by atoms with Crippen molar-refractivity contribution in [3.05, 3.63) is 77.0 Å². The molecule has 0 radical (unpaired) electrons. The number of carbonyl (C=O) groups is 2. The van der Waals surface area contributed by atoms with Crippen LogP contribution in [0.5, 0.6) is 0 Å². The van der Waals surface area contributed by atoms with Gasteiger partial charge in [-0.15, -0.1) is 0 Å². The molecule has 2 heterocycles. The van der Waals surface area contributed by atoms with Crippen molar-refractivity contribution in [1.29, 1.82) is 0 Å². The van der Waals surface area contributed by atoms with Gasteiger partial charge in [-0.2, -0.15) is 0 Å². The number of nitrogens with zero attached hydrogens (tertiary/aromatic N) is 3. The van der Waals surface area contributed by atoms with Gasteiger partial charge in [0, 0.05) is 24.9 Å². The fraction of sp³-hybridized carbons (Fsp3) is 0.318. The lowest BCUT2D eigenvalue weighted by atomic mass is 10.1. The lowest BCUT2D eigenvalue weighted by Crippen LogP contribution is -2.27. The molecule has 1 N–H and O–H groups in total. The van der Waals surface area contributed by atoms with Gasteiger partial charge in [0.15, 0.2) is 0 Å². The van der Waals surface area contributed by atoms with Crippen LogP contribution in [0.15, 0.2) is 53.3 Å². The summed E-state index contributed by atoms with van der Waals surface area (Å²) in [4.78, 5) is 28.0. The average Bonchev–Trinajstić information content (AvgIpc) is 3.26. The molecular formula is C22H26N4O4. The van der Waals surface area contributed by atoms with Gasteiger partial charge in [-0.25, -0.2) is 4.79 Å². The van der Waals surface area contributed by atoms with Crippen LogP contribution in [0, 0.1) is 13.8 Å². The number of ether oxygens (including phenoxy) is 1. The normalized spacial score (nSPS) is 14.8. The number of carbonyl (C=O) groups excluding carboxylic acids is 2. The summed E-state index contributed by atoms with van der Waals surface area (Å²) in [6, 6.07) is 7.23. The molecule has 0 saturated carbocycles. The molecule has 8 nitrogen and oxygen atoms in total. The number of aryl methyl sites for hydroxylation is 2. The molecule has 1 fully saturated rings. The Balaban J connectivity index is 1.63. The first-order chi connectivity index (χ1) is 14.4. The zero-order valence-corrected chi connectivity index (χ0v) is 17.5. The fourth-order valence-corrected chi connectivity index (χ4v) is 3.37. The van der Waals surface area contributed by atoms with E-state index in [1.54, 1.807) is 29.3 Å². The van der Waals surface area contributed by atoms with E-state index in [4.69, 9.17) is 9.26 Å². The molecule has 0 aliphatic carbocycles. The molecule has 0 bridgehead atoms. The molecule has 1 aliphatic heterocycles. The highest BCUT2D eigenvalue weighted by Gasteiger charge is 2.29. The Labute approximate surface area is 175 Å². The standard InChI is InChI=1S/C22H26N4O4/c1-5-19(10-23-11-20-15(2)24-30-16(20)3)26-14-25(13-21(26)27)12-17-7-6-8-18(9-17)22(28)29-4/h5-10,23H,1,11-14H2,2-4H3/b19-10+. The second-order valence-electron chi connectivity index (χ2n) is 7.10. The monoisotopic (exact) mass is 410 g/mol. The number of benzene rings is 1. The van der Waals surface area contributed by atoms with Crippen molar-refractivity contribution < 1.29 is 18.8 Å². The van der Waals surface area contributed by atoms with E-state index >= 15 is 0 Å². The van der Waals surface area contributed by atoms with Gasteiger partial charge in [0.05, 0.1) is 37.3 Å². The maximum absolute atomic E-state index is 12.6. The molecule has 1 aromatic carbocycles. The Morgan fingerprint density at radius 2 is 2.20 bits per heavy atom. The highest BCUT2D eigenvalue weighted by Crippen LogP contribution is 2.18. The average molecular weight is 410 g/mol. The molecular weight excluding hydrogens is 384 g/mol. The number of nitrogens with one attached hydrogen (secondary N) is 1. The zero-order chi connectivity index (χ0) is 21.7. The van der Waals surface area contributed by atoms with Crippen molar-refractivity contribution in [2.24, 2.45) is 0 Å². The summed E-state index contributed by atoms with van der Waals surface area (Å²) >= 11 is 0. The van der Waals surface area contributed by atoms with Gasteiger partial charge in [-0.3, -0.25) is 14.6 Å². The number of methoxy groups -OCH3 is 1. The summed E-state index contributed by atoms with van der Waals surface area (Å²) in [5, 5.41) is 7.15. The molecule has 0 atom stereocenters. The van der Waals surface area contributed by atoms with Crippen LogP contribution in [0.3, 0.4) is 0 Å². The number of amides is 1. The van der Waals surface area contributed by atoms with Gasteiger partial charge in [-0.05, 0) is 37.6 Å². The van der Waals surface area contributed by atoms with E-state index in [2.05, 4.69) is 17.1 Å². The zero-order valence-electron chi connectivity index (χ0n) is 17.5. The molecule has 0 spiro atoms. The molecule has 158 valence electrons. The van der Waals surface area contributed by atoms with Gasteiger partial charge >= 0.3 is 5.97 Å². The van der Waals surface area contributed by atoms with Gasteiger partial charge in [0.2, 0.25) is 5.91 Å². The first-order valence-corrected chi connectivity index (χ1v) is 9.60. The van der Waals surface area contributed by atoms with Crippen LogP contribution >= 0.6 is 0 Å². The van der Waals surface area contributed by atoms with Crippen LogP contribution < -0.4 is 5.32 Å². The molecule has 1 saturated heterocycles. The Kier molecular flexibility index (Phi) is 6.68. The Morgan fingerprint density at radius 1 is 1.40 bits per heavy atom. The molecule has 3 rings (SSSR count). The molecule has 2 aromatic rings. The summed E-state index contributed by atoms with van der Waals surface area (Å²) in [5.41, 5.74) is 3.96. The van der Waals surface area contributed by atoms with E-state index in [0.717, 1.165) is 22.6 Å². The van der Waals surface area contributed by atoms with Crippen LogP contribution in [-0.2, 0) is 22.6 Å². The van der Waals surface area contributed by atoms with Gasteiger partial charge in [-0.1, -0.05) is 23.9 Å². The van der Waals surface area contributed by atoms with E-state index in [1.165, 1.54) is 7.11 Å². The van der Waals surface area contributed by atoms with E-state index in [9.17, 15) is 9.59 Å². The topological polar surface area (TPSA) is 87.9 Å². The van der Waals surface area contributed by atoms with Gasteiger partial charge in [0.1, 0.15) is 5.76 Å². The van der Waals surface area contributed by atoms with Gasteiger partial charge in [0.25, 0.3) is 0 Å². The summed E-state index contributed by atoms with van der Waals surface area (Å²) in [7, 11) is 1.36. The van der Waals surface area contributed by atoms with Gasteiger partial charge < -0.3 is 14.6 Å². The largest absolute Gasteiger partial charge is 0.465 e. The lowest BCUT2D eigenvalue weighted by molar-refractivity contribution is -0.124. The van der Waals surface area contributed by atoms with Crippen LogP contribution in [0.2, 0.25) is 0 Å². The summed E-state index contributed by atoms with van der Waals surface area (Å²) < 4.78 is 9.94. The minimum atomic E-state index is -0.378. The van der Waals surface area contributed by atoms with E-state index in [1.807, 2.05) is 30.9 Å². The third-order valence-electron chi connectivity index (χ3n) is 4.99. The van der Waals surface area contributed by atoms with Crippen molar-refractivity contribution in [3.63, 3.8) is 0 Å². The lowest BCUT2D eigenvalue weighted by Gasteiger charge is -2.19. The fourth-order valence-electron chi connectivity index (χ4n) is 3.37. The van der Waals surface area contributed by atoms with E-state index in [0.29, 0.717) is 31.0 Å². The predicted molar refractivity (Wildman–Crippen MR) is 111 cm³/mol.